The third-order valence-electron chi connectivity index (χ3n) is 1.73. The standard InChI is InChI=1S/C8H11NO4/c1-5-7(13-4-9-5)8(2,12)3-6(10)11/h4,12H,3H2,1-2H3,(H,10,11). The third-order valence-corrected chi connectivity index (χ3v) is 1.73. The van der Waals surface area contributed by atoms with Gasteiger partial charge in [-0.2, -0.15) is 0 Å². The number of carboxylic acid groups (broad SMARTS) is 1. The van der Waals surface area contributed by atoms with Crippen LogP contribution in [0, 0.1) is 6.92 Å². The van der Waals surface area contributed by atoms with Crippen LogP contribution in [0.15, 0.2) is 10.8 Å². The number of aliphatic hydroxyl groups is 1. The van der Waals surface area contributed by atoms with Crippen LogP contribution in [0.4, 0.5) is 0 Å². The van der Waals surface area contributed by atoms with Crippen molar-refractivity contribution in [2.24, 2.45) is 0 Å². The Hall–Kier alpha value is -1.36. The second kappa shape index (κ2) is 3.18. The van der Waals surface area contributed by atoms with Gasteiger partial charge in [0.1, 0.15) is 5.60 Å². The molecule has 1 aromatic heterocycles. The largest absolute Gasteiger partial charge is 0.481 e. The molecular weight excluding hydrogens is 174 g/mol. The van der Waals surface area contributed by atoms with Gasteiger partial charge in [-0.3, -0.25) is 4.79 Å². The molecule has 13 heavy (non-hydrogen) atoms. The number of carbonyl (C=O) groups is 1. The van der Waals surface area contributed by atoms with Crippen molar-refractivity contribution in [1.29, 1.82) is 0 Å². The molecule has 0 radical (unpaired) electrons. The lowest BCUT2D eigenvalue weighted by Gasteiger charge is -2.18. The Bertz CT molecular complexity index is 316. The Labute approximate surface area is 75.0 Å². The van der Waals surface area contributed by atoms with E-state index in [0.717, 1.165) is 0 Å². The van der Waals surface area contributed by atoms with Crippen LogP contribution in [0.2, 0.25) is 0 Å². The van der Waals surface area contributed by atoms with Gasteiger partial charge in [-0.1, -0.05) is 0 Å². The van der Waals surface area contributed by atoms with Gasteiger partial charge >= 0.3 is 5.97 Å². The fraction of sp³-hybridized carbons (Fsp3) is 0.500. The predicted molar refractivity (Wildman–Crippen MR) is 43.1 cm³/mol. The van der Waals surface area contributed by atoms with Crippen molar-refractivity contribution in [3.05, 3.63) is 17.8 Å². The zero-order chi connectivity index (χ0) is 10.1. The van der Waals surface area contributed by atoms with Crippen LogP contribution >= 0.6 is 0 Å². The summed E-state index contributed by atoms with van der Waals surface area (Å²) < 4.78 is 4.91. The van der Waals surface area contributed by atoms with Crippen LogP contribution < -0.4 is 0 Å². The molecule has 5 nitrogen and oxygen atoms in total. The van der Waals surface area contributed by atoms with Gasteiger partial charge in [0.05, 0.1) is 12.1 Å². The van der Waals surface area contributed by atoms with Crippen molar-refractivity contribution in [3.8, 4) is 0 Å². The molecule has 0 aromatic carbocycles. The maximum absolute atomic E-state index is 10.4. The lowest BCUT2D eigenvalue weighted by atomic mass is 9.98. The fourth-order valence-corrected chi connectivity index (χ4v) is 1.19. The van der Waals surface area contributed by atoms with Crippen LogP contribution in [-0.4, -0.2) is 21.2 Å². The van der Waals surface area contributed by atoms with Crippen LogP contribution in [-0.2, 0) is 10.4 Å². The van der Waals surface area contributed by atoms with Crippen molar-refractivity contribution in [1.82, 2.24) is 4.98 Å². The van der Waals surface area contributed by atoms with Crippen molar-refractivity contribution < 1.29 is 19.4 Å². The molecule has 2 N–H and O–H groups in total. The zero-order valence-corrected chi connectivity index (χ0v) is 7.44. The minimum absolute atomic E-state index is 0.204. The summed E-state index contributed by atoms with van der Waals surface area (Å²) in [6.07, 6.45) is 0.782. The molecule has 1 aromatic rings. The van der Waals surface area contributed by atoms with E-state index in [1.807, 2.05) is 0 Å². The molecule has 0 aliphatic heterocycles. The first kappa shape index (κ1) is 9.73. The average Bonchev–Trinajstić information content (AvgIpc) is 2.32. The van der Waals surface area contributed by atoms with Crippen LogP contribution in [0.3, 0.4) is 0 Å². The maximum atomic E-state index is 10.4. The number of hydrogen-bond acceptors (Lipinski definition) is 4. The second-order valence-corrected chi connectivity index (χ2v) is 3.11. The lowest BCUT2D eigenvalue weighted by molar-refractivity contribution is -0.142. The minimum atomic E-state index is -1.49. The quantitative estimate of drug-likeness (QED) is 0.722. The molecule has 5 heteroatoms. The number of aliphatic carboxylic acids is 1. The maximum Gasteiger partial charge on any atom is 0.306 e. The van der Waals surface area contributed by atoms with Gasteiger partial charge in [0.15, 0.2) is 12.2 Å². The van der Waals surface area contributed by atoms with E-state index in [-0.39, 0.29) is 5.76 Å². The summed E-state index contributed by atoms with van der Waals surface area (Å²) in [7, 11) is 0. The van der Waals surface area contributed by atoms with Gasteiger partial charge in [0.2, 0.25) is 0 Å². The molecule has 0 saturated carbocycles. The summed E-state index contributed by atoms with van der Waals surface area (Å²) in [6.45, 7) is 3.03. The summed E-state index contributed by atoms with van der Waals surface area (Å²) in [4.78, 5) is 14.2. The van der Waals surface area contributed by atoms with E-state index in [0.29, 0.717) is 5.69 Å². The first-order chi connectivity index (χ1) is 5.93. The van der Waals surface area contributed by atoms with E-state index < -0.39 is 18.0 Å². The van der Waals surface area contributed by atoms with Crippen LogP contribution in [0.5, 0.6) is 0 Å². The molecule has 0 fully saturated rings. The highest BCUT2D eigenvalue weighted by Crippen LogP contribution is 2.26. The second-order valence-electron chi connectivity index (χ2n) is 3.11. The number of aryl methyl sites for hydroxylation is 1. The molecule has 1 atom stereocenters. The Morgan fingerprint density at radius 3 is 2.77 bits per heavy atom. The van der Waals surface area contributed by atoms with Gasteiger partial charge in [0.25, 0.3) is 0 Å². The molecule has 1 rings (SSSR count). The summed E-state index contributed by atoms with van der Waals surface area (Å²) in [6, 6.07) is 0. The molecule has 72 valence electrons. The molecule has 0 saturated heterocycles. The van der Waals surface area contributed by atoms with Crippen molar-refractivity contribution in [2.75, 3.05) is 0 Å². The summed E-state index contributed by atoms with van der Waals surface area (Å²) >= 11 is 0. The molecular formula is C8H11NO4. The first-order valence-electron chi connectivity index (χ1n) is 3.78. The summed E-state index contributed by atoms with van der Waals surface area (Å²) in [5.74, 6) is -0.879. The predicted octanol–water partition coefficient (Wildman–Crippen LogP) is 0.665. The van der Waals surface area contributed by atoms with E-state index in [2.05, 4.69) is 4.98 Å². The molecule has 0 aliphatic rings. The molecule has 0 amide bonds. The fourth-order valence-electron chi connectivity index (χ4n) is 1.19. The number of aromatic nitrogens is 1. The molecule has 0 spiro atoms. The van der Waals surface area contributed by atoms with Crippen LogP contribution in [0.1, 0.15) is 24.8 Å². The van der Waals surface area contributed by atoms with E-state index in [1.54, 1.807) is 6.92 Å². The highest BCUT2D eigenvalue weighted by atomic mass is 16.4. The topological polar surface area (TPSA) is 83.6 Å². The Kier molecular flexibility index (Phi) is 2.38. The van der Waals surface area contributed by atoms with Gasteiger partial charge in [0, 0.05) is 0 Å². The number of hydrogen-bond donors (Lipinski definition) is 2. The smallest absolute Gasteiger partial charge is 0.306 e. The highest BCUT2D eigenvalue weighted by molar-refractivity contribution is 5.68. The Morgan fingerprint density at radius 2 is 2.38 bits per heavy atom. The summed E-state index contributed by atoms with van der Waals surface area (Å²) in [5.41, 5.74) is -0.988. The van der Waals surface area contributed by atoms with Crippen molar-refractivity contribution >= 4 is 5.97 Å². The highest BCUT2D eigenvalue weighted by Gasteiger charge is 2.31. The molecule has 1 unspecified atom stereocenters. The zero-order valence-electron chi connectivity index (χ0n) is 7.44. The molecule has 0 aliphatic carbocycles. The Balaban J connectivity index is 2.93. The van der Waals surface area contributed by atoms with Crippen molar-refractivity contribution in [2.45, 2.75) is 25.9 Å². The van der Waals surface area contributed by atoms with Gasteiger partial charge < -0.3 is 14.6 Å². The number of rotatable bonds is 3. The normalized spacial score (nSPS) is 15.3. The van der Waals surface area contributed by atoms with E-state index in [4.69, 9.17) is 9.52 Å². The monoisotopic (exact) mass is 185 g/mol. The number of nitrogens with zero attached hydrogens (tertiary/aromatic N) is 1. The SMILES string of the molecule is Cc1ncoc1C(C)(O)CC(=O)O. The lowest BCUT2D eigenvalue weighted by Crippen LogP contribution is -2.25. The number of carboxylic acids is 1. The molecule has 0 bridgehead atoms. The van der Waals surface area contributed by atoms with Gasteiger partial charge in [-0.05, 0) is 13.8 Å². The van der Waals surface area contributed by atoms with E-state index >= 15 is 0 Å². The summed E-state index contributed by atoms with van der Waals surface area (Å²) in [5, 5.41) is 18.2. The van der Waals surface area contributed by atoms with Gasteiger partial charge in [-0.15, -0.1) is 0 Å². The minimum Gasteiger partial charge on any atom is -0.481 e. The average molecular weight is 185 g/mol. The Morgan fingerprint density at radius 1 is 1.77 bits per heavy atom. The number of oxazole rings is 1. The van der Waals surface area contributed by atoms with Crippen molar-refractivity contribution in [3.63, 3.8) is 0 Å². The van der Waals surface area contributed by atoms with E-state index in [9.17, 15) is 9.90 Å². The van der Waals surface area contributed by atoms with Gasteiger partial charge in [-0.25, -0.2) is 4.98 Å². The molecule has 1 heterocycles. The van der Waals surface area contributed by atoms with Crippen LogP contribution in [0.25, 0.3) is 0 Å². The third kappa shape index (κ3) is 2.06. The first-order valence-corrected chi connectivity index (χ1v) is 3.78. The van der Waals surface area contributed by atoms with E-state index in [1.165, 1.54) is 13.3 Å².